The average molecular weight is 350 g/mol. The molecule has 2 heterocycles. The van der Waals surface area contributed by atoms with Gasteiger partial charge in [0.05, 0.1) is 5.52 Å². The zero-order valence-corrected chi connectivity index (χ0v) is 14.0. The van der Waals surface area contributed by atoms with Gasteiger partial charge in [-0.05, 0) is 37.5 Å². The molecule has 24 heavy (non-hydrogen) atoms. The van der Waals surface area contributed by atoms with Gasteiger partial charge in [-0.25, -0.2) is 9.18 Å². The molecule has 0 saturated heterocycles. The highest BCUT2D eigenvalue weighted by Crippen LogP contribution is 2.49. The molecule has 126 valence electrons. The van der Waals surface area contributed by atoms with E-state index in [1.807, 2.05) is 4.57 Å². The number of nitrogens with zero attached hydrogens (tertiary/aromatic N) is 1. The minimum Gasteiger partial charge on any atom is -0.443 e. The molecule has 0 spiro atoms. The standard InChI is InChI=1S/C18H17ClFNO3/c1-9(19)24-18(23)14-8-21-15-5-3-2-4-11(15)12-6-10(20)7-13(16(12)21)17(14)22/h6-9,11,15H,2-5H2,1H3. The van der Waals surface area contributed by atoms with Crippen LogP contribution in [-0.2, 0) is 4.74 Å². The molecule has 0 radical (unpaired) electrons. The van der Waals surface area contributed by atoms with Crippen molar-refractivity contribution >= 4 is 28.5 Å². The minimum absolute atomic E-state index is 0.0854. The van der Waals surface area contributed by atoms with Gasteiger partial charge in [-0.2, -0.15) is 0 Å². The zero-order valence-electron chi connectivity index (χ0n) is 13.2. The summed E-state index contributed by atoms with van der Waals surface area (Å²) < 4.78 is 21.0. The number of carbonyl (C=O) groups is 1. The van der Waals surface area contributed by atoms with E-state index in [-0.39, 0.29) is 22.9 Å². The van der Waals surface area contributed by atoms with Crippen LogP contribution < -0.4 is 5.43 Å². The highest BCUT2D eigenvalue weighted by atomic mass is 35.5. The number of rotatable bonds is 2. The lowest BCUT2D eigenvalue weighted by molar-refractivity contribution is 0.0469. The van der Waals surface area contributed by atoms with Gasteiger partial charge in [0.25, 0.3) is 0 Å². The van der Waals surface area contributed by atoms with Gasteiger partial charge in [0, 0.05) is 23.5 Å². The number of esters is 1. The van der Waals surface area contributed by atoms with E-state index in [9.17, 15) is 14.0 Å². The van der Waals surface area contributed by atoms with Gasteiger partial charge in [0.15, 0.2) is 5.56 Å². The van der Waals surface area contributed by atoms with Gasteiger partial charge in [0.1, 0.15) is 11.4 Å². The Balaban J connectivity index is 1.98. The number of carbonyl (C=O) groups excluding carboxylic acids is 1. The SMILES string of the molecule is CC(Cl)OC(=O)c1cn2c3c(cc(F)cc3c1=O)C1CCCCC12. The monoisotopic (exact) mass is 349 g/mol. The van der Waals surface area contributed by atoms with Crippen molar-refractivity contribution < 1.29 is 13.9 Å². The van der Waals surface area contributed by atoms with Gasteiger partial charge in [0.2, 0.25) is 5.43 Å². The van der Waals surface area contributed by atoms with Crippen molar-refractivity contribution in [3.8, 4) is 0 Å². The summed E-state index contributed by atoms with van der Waals surface area (Å²) in [6, 6.07) is 2.92. The molecule has 4 nitrogen and oxygen atoms in total. The first-order valence-electron chi connectivity index (χ1n) is 8.20. The molecule has 3 unspecified atom stereocenters. The van der Waals surface area contributed by atoms with Crippen LogP contribution in [0.3, 0.4) is 0 Å². The lowest BCUT2D eigenvalue weighted by Crippen LogP contribution is -2.23. The lowest BCUT2D eigenvalue weighted by atomic mass is 9.82. The minimum atomic E-state index is -0.836. The van der Waals surface area contributed by atoms with E-state index in [4.69, 9.17) is 16.3 Å². The van der Waals surface area contributed by atoms with Gasteiger partial charge >= 0.3 is 5.97 Å². The molecule has 0 N–H and O–H groups in total. The van der Waals surface area contributed by atoms with Crippen molar-refractivity contribution in [3.05, 3.63) is 45.5 Å². The van der Waals surface area contributed by atoms with E-state index in [0.717, 1.165) is 36.8 Å². The molecule has 1 fully saturated rings. The van der Waals surface area contributed by atoms with E-state index in [2.05, 4.69) is 0 Å². The highest BCUT2D eigenvalue weighted by Gasteiger charge is 2.37. The number of fused-ring (bicyclic) bond motifs is 3. The molecule has 2 aromatic rings. The smallest absolute Gasteiger partial charge is 0.345 e. The molecular formula is C18H17ClFNO3. The predicted molar refractivity (Wildman–Crippen MR) is 89.1 cm³/mol. The van der Waals surface area contributed by atoms with E-state index < -0.39 is 22.8 Å². The second-order valence-electron chi connectivity index (χ2n) is 6.58. The fourth-order valence-electron chi connectivity index (χ4n) is 4.20. The van der Waals surface area contributed by atoms with Crippen LogP contribution in [0.25, 0.3) is 10.9 Å². The molecule has 6 heteroatoms. The summed E-state index contributed by atoms with van der Waals surface area (Å²) in [5.41, 5.74) is 0.226. The molecule has 0 bridgehead atoms. The topological polar surface area (TPSA) is 48.3 Å². The Morgan fingerprint density at radius 3 is 2.88 bits per heavy atom. The largest absolute Gasteiger partial charge is 0.443 e. The van der Waals surface area contributed by atoms with Crippen molar-refractivity contribution in [2.45, 2.75) is 50.1 Å². The third-order valence-electron chi connectivity index (χ3n) is 5.10. The third kappa shape index (κ3) is 2.25. The van der Waals surface area contributed by atoms with Crippen LogP contribution in [0.2, 0.25) is 0 Å². The van der Waals surface area contributed by atoms with Crippen LogP contribution in [0.4, 0.5) is 4.39 Å². The van der Waals surface area contributed by atoms with Gasteiger partial charge in [-0.3, -0.25) is 4.79 Å². The number of hydrogen-bond acceptors (Lipinski definition) is 3. The molecule has 3 atom stereocenters. The maximum absolute atomic E-state index is 14.1. The predicted octanol–water partition coefficient (Wildman–Crippen LogP) is 4.09. The van der Waals surface area contributed by atoms with Crippen molar-refractivity contribution in [1.29, 1.82) is 0 Å². The molecule has 2 aliphatic rings. The molecule has 1 aromatic heterocycles. The summed E-state index contributed by atoms with van der Waals surface area (Å²) in [7, 11) is 0. The van der Waals surface area contributed by atoms with E-state index in [1.54, 1.807) is 6.20 Å². The molecule has 4 rings (SSSR count). The lowest BCUT2D eigenvalue weighted by Gasteiger charge is -2.27. The summed E-state index contributed by atoms with van der Waals surface area (Å²) in [4.78, 5) is 25.0. The Morgan fingerprint density at radius 2 is 2.12 bits per heavy atom. The van der Waals surface area contributed by atoms with Crippen molar-refractivity contribution in [2.24, 2.45) is 0 Å². The Morgan fingerprint density at radius 1 is 1.38 bits per heavy atom. The van der Waals surface area contributed by atoms with Gasteiger partial charge < -0.3 is 9.30 Å². The Bertz CT molecular complexity index is 905. The number of halogens is 2. The molecule has 1 aliphatic carbocycles. The maximum Gasteiger partial charge on any atom is 0.345 e. The normalized spacial score (nSPS) is 23.1. The fourth-order valence-corrected chi connectivity index (χ4v) is 4.28. The molecule has 1 aliphatic heterocycles. The van der Waals surface area contributed by atoms with Crippen LogP contribution in [0.15, 0.2) is 23.1 Å². The number of alkyl halides is 1. The summed E-state index contributed by atoms with van der Waals surface area (Å²) in [5, 5.41) is 0.246. The third-order valence-corrected chi connectivity index (χ3v) is 5.18. The van der Waals surface area contributed by atoms with Crippen molar-refractivity contribution in [2.75, 3.05) is 0 Å². The summed E-state index contributed by atoms with van der Waals surface area (Å²) in [5.74, 6) is -1.00. The van der Waals surface area contributed by atoms with Crippen LogP contribution in [0, 0.1) is 5.82 Å². The van der Waals surface area contributed by atoms with E-state index in [1.165, 1.54) is 19.1 Å². The first kappa shape index (κ1) is 15.6. The van der Waals surface area contributed by atoms with Crippen LogP contribution >= 0.6 is 11.6 Å². The number of aromatic nitrogens is 1. The van der Waals surface area contributed by atoms with Gasteiger partial charge in [-0.15, -0.1) is 0 Å². The molecule has 1 saturated carbocycles. The number of pyridine rings is 1. The fraction of sp³-hybridized carbons (Fsp3) is 0.444. The maximum atomic E-state index is 14.1. The van der Waals surface area contributed by atoms with Crippen molar-refractivity contribution in [3.63, 3.8) is 0 Å². The highest BCUT2D eigenvalue weighted by molar-refractivity contribution is 6.20. The summed E-state index contributed by atoms with van der Waals surface area (Å²) >= 11 is 5.70. The second-order valence-corrected chi connectivity index (χ2v) is 7.19. The first-order chi connectivity index (χ1) is 11.5. The van der Waals surface area contributed by atoms with E-state index >= 15 is 0 Å². The summed E-state index contributed by atoms with van der Waals surface area (Å²) in [6.07, 6.45) is 5.68. The van der Waals surface area contributed by atoms with Gasteiger partial charge in [-0.1, -0.05) is 24.4 Å². The first-order valence-corrected chi connectivity index (χ1v) is 8.64. The summed E-state index contributed by atoms with van der Waals surface area (Å²) in [6.45, 7) is 1.51. The van der Waals surface area contributed by atoms with Crippen molar-refractivity contribution in [1.82, 2.24) is 4.57 Å². The molecule has 0 amide bonds. The number of ether oxygens (including phenoxy) is 1. The second kappa shape index (κ2) is 5.59. The Kier molecular flexibility index (Phi) is 3.64. The molecular weight excluding hydrogens is 333 g/mol. The van der Waals surface area contributed by atoms with Crippen LogP contribution in [0.5, 0.6) is 0 Å². The quantitative estimate of drug-likeness (QED) is 0.606. The molecule has 1 aromatic carbocycles. The zero-order chi connectivity index (χ0) is 17.0. The number of benzene rings is 1. The van der Waals surface area contributed by atoms with E-state index in [0.29, 0.717) is 0 Å². The Hall–Kier alpha value is -1.88. The Labute approximate surface area is 143 Å². The number of hydrogen-bond donors (Lipinski definition) is 0. The van der Waals surface area contributed by atoms with Crippen LogP contribution in [-0.4, -0.2) is 16.1 Å². The average Bonchev–Trinajstić information content (AvgIpc) is 2.84. The van der Waals surface area contributed by atoms with Crippen LogP contribution in [0.1, 0.15) is 60.5 Å².